The molecule has 1 heterocycles. The van der Waals surface area contributed by atoms with Crippen LogP contribution in [0.2, 0.25) is 0 Å². The second-order valence-corrected chi connectivity index (χ2v) is 5.15. The predicted molar refractivity (Wildman–Crippen MR) is 70.5 cm³/mol. The van der Waals surface area contributed by atoms with Crippen LogP contribution in [-0.2, 0) is 4.74 Å². The topological polar surface area (TPSA) is 109 Å². The van der Waals surface area contributed by atoms with Crippen molar-refractivity contribution in [2.24, 2.45) is 11.5 Å². The SMILES string of the molecule is COC[N+]1(C(C)(C)C)CCCC1.N#CN.N#CN. The highest BCUT2D eigenvalue weighted by Gasteiger charge is 2.42. The van der Waals surface area contributed by atoms with Gasteiger partial charge in [-0.25, -0.2) is 0 Å². The summed E-state index contributed by atoms with van der Waals surface area (Å²) in [6.45, 7) is 10.4. The summed E-state index contributed by atoms with van der Waals surface area (Å²) in [7, 11) is 1.81. The number of quaternary nitrogens is 1. The molecule has 4 N–H and O–H groups in total. The maximum atomic E-state index is 7.10. The largest absolute Gasteiger partial charge is 0.337 e. The van der Waals surface area contributed by atoms with Crippen molar-refractivity contribution in [1.82, 2.24) is 0 Å². The van der Waals surface area contributed by atoms with Crippen molar-refractivity contribution in [3.05, 3.63) is 0 Å². The first kappa shape index (κ1) is 18.9. The number of nitrogens with two attached hydrogens (primary N) is 2. The van der Waals surface area contributed by atoms with Crippen molar-refractivity contribution in [2.45, 2.75) is 39.2 Å². The highest BCUT2D eigenvalue weighted by atomic mass is 16.5. The lowest BCUT2D eigenvalue weighted by molar-refractivity contribution is -0.976. The third kappa shape index (κ3) is 6.29. The first-order valence-corrected chi connectivity index (χ1v) is 5.89. The van der Waals surface area contributed by atoms with Crippen LogP contribution in [0.4, 0.5) is 0 Å². The minimum atomic E-state index is 0.340. The Labute approximate surface area is 110 Å². The van der Waals surface area contributed by atoms with E-state index < -0.39 is 0 Å². The first-order chi connectivity index (χ1) is 8.35. The smallest absolute Gasteiger partial charge is 0.183 e. The molecule has 0 aliphatic carbocycles. The van der Waals surface area contributed by atoms with E-state index in [1.165, 1.54) is 38.3 Å². The average Bonchev–Trinajstić information content (AvgIpc) is 2.69. The van der Waals surface area contributed by atoms with Gasteiger partial charge in [-0.15, -0.1) is 0 Å². The van der Waals surface area contributed by atoms with Crippen LogP contribution in [-0.4, -0.2) is 37.0 Å². The van der Waals surface area contributed by atoms with E-state index in [0.29, 0.717) is 5.54 Å². The van der Waals surface area contributed by atoms with Crippen LogP contribution in [0.15, 0.2) is 0 Å². The van der Waals surface area contributed by atoms with Gasteiger partial charge in [-0.05, 0) is 20.8 Å². The standard InChI is InChI=1S/C10H22NO.2CH2N2/c1-10(2,3)11(9-12-4)7-5-6-8-11;2*2-1-3/h5-9H2,1-4H3;2*2H2/q+1;;. The molecule has 0 atom stereocenters. The van der Waals surface area contributed by atoms with Crippen LogP contribution in [0, 0.1) is 22.9 Å². The van der Waals surface area contributed by atoms with E-state index in [1.54, 1.807) is 0 Å². The Hall–Kier alpha value is -1.50. The monoisotopic (exact) mass is 256 g/mol. The van der Waals surface area contributed by atoms with Gasteiger partial charge in [0.05, 0.1) is 18.6 Å². The van der Waals surface area contributed by atoms with E-state index in [0.717, 1.165) is 11.2 Å². The van der Waals surface area contributed by atoms with Crippen LogP contribution < -0.4 is 11.5 Å². The molecule has 0 saturated carbocycles. The molecular weight excluding hydrogens is 230 g/mol. The maximum absolute atomic E-state index is 7.10. The Kier molecular flexibility index (Phi) is 9.97. The summed E-state index contributed by atoms with van der Waals surface area (Å²) in [4.78, 5) is 0. The van der Waals surface area contributed by atoms with Crippen LogP contribution in [0.3, 0.4) is 0 Å². The molecule has 0 aromatic rings. The fraction of sp³-hybridized carbons (Fsp3) is 0.833. The highest BCUT2D eigenvalue weighted by Crippen LogP contribution is 2.30. The van der Waals surface area contributed by atoms with Crippen LogP contribution in [0.25, 0.3) is 0 Å². The van der Waals surface area contributed by atoms with Gasteiger partial charge in [0.2, 0.25) is 0 Å². The number of rotatable bonds is 2. The molecule has 1 aliphatic rings. The number of methoxy groups -OCH3 is 1. The van der Waals surface area contributed by atoms with Gasteiger partial charge in [0.1, 0.15) is 0 Å². The lowest BCUT2D eigenvalue weighted by atomic mass is 10.0. The second-order valence-electron chi connectivity index (χ2n) is 5.15. The summed E-state index contributed by atoms with van der Waals surface area (Å²) in [5.41, 5.74) is 8.65. The molecule has 6 nitrogen and oxygen atoms in total. The zero-order chi connectivity index (χ0) is 14.7. The lowest BCUT2D eigenvalue weighted by Crippen LogP contribution is -2.59. The fourth-order valence-corrected chi connectivity index (χ4v) is 2.18. The van der Waals surface area contributed by atoms with Crippen LogP contribution >= 0.6 is 0 Å². The average molecular weight is 256 g/mol. The fourth-order valence-electron chi connectivity index (χ4n) is 2.18. The normalized spacial score (nSPS) is 16.1. The van der Waals surface area contributed by atoms with Gasteiger partial charge < -0.3 is 16.2 Å². The summed E-state index contributed by atoms with van der Waals surface area (Å²) < 4.78 is 6.47. The van der Waals surface area contributed by atoms with Gasteiger partial charge in [0.15, 0.2) is 19.1 Å². The molecule has 0 spiro atoms. The molecule has 0 bridgehead atoms. The lowest BCUT2D eigenvalue weighted by Gasteiger charge is -2.44. The van der Waals surface area contributed by atoms with E-state index in [9.17, 15) is 0 Å². The Morgan fingerprint density at radius 2 is 1.44 bits per heavy atom. The number of nitrogens with zero attached hydrogens (tertiary/aromatic N) is 3. The van der Waals surface area contributed by atoms with Gasteiger partial charge >= 0.3 is 0 Å². The zero-order valence-electron chi connectivity index (χ0n) is 11.9. The van der Waals surface area contributed by atoms with E-state index in [1.807, 2.05) is 7.11 Å². The van der Waals surface area contributed by atoms with E-state index in [-0.39, 0.29) is 0 Å². The van der Waals surface area contributed by atoms with Crippen molar-refractivity contribution in [3.8, 4) is 12.4 Å². The number of ether oxygens (including phenoxy) is 1. The van der Waals surface area contributed by atoms with Crippen LogP contribution in [0.5, 0.6) is 0 Å². The molecule has 0 aromatic heterocycles. The Bertz CT molecular complexity index is 266. The van der Waals surface area contributed by atoms with Gasteiger partial charge in [0.25, 0.3) is 0 Å². The molecule has 0 aromatic carbocycles. The molecule has 1 aliphatic heterocycles. The van der Waals surface area contributed by atoms with E-state index in [4.69, 9.17) is 15.3 Å². The summed E-state index contributed by atoms with van der Waals surface area (Å²) in [6, 6.07) is 0. The van der Waals surface area contributed by atoms with Crippen molar-refractivity contribution in [2.75, 3.05) is 26.9 Å². The Morgan fingerprint density at radius 3 is 1.67 bits per heavy atom. The minimum Gasteiger partial charge on any atom is -0.337 e. The molecule has 0 amide bonds. The maximum Gasteiger partial charge on any atom is 0.183 e. The number of nitriles is 2. The molecule has 0 radical (unpaired) electrons. The minimum absolute atomic E-state index is 0.340. The highest BCUT2D eigenvalue weighted by molar-refractivity contribution is 4.67. The van der Waals surface area contributed by atoms with Gasteiger partial charge in [-0.2, -0.15) is 10.5 Å². The third-order valence-corrected chi connectivity index (χ3v) is 3.22. The number of hydrogen-bond donors (Lipinski definition) is 2. The molecule has 18 heavy (non-hydrogen) atoms. The van der Waals surface area contributed by atoms with E-state index >= 15 is 0 Å². The summed E-state index contributed by atoms with van der Waals surface area (Å²) in [6.07, 6.45) is 5.22. The van der Waals surface area contributed by atoms with Gasteiger partial charge in [0, 0.05) is 20.0 Å². The van der Waals surface area contributed by atoms with E-state index in [2.05, 4.69) is 32.2 Å². The Morgan fingerprint density at radius 1 is 1.11 bits per heavy atom. The molecule has 6 heteroatoms. The zero-order valence-corrected chi connectivity index (χ0v) is 11.9. The van der Waals surface area contributed by atoms with Crippen molar-refractivity contribution < 1.29 is 9.22 Å². The molecule has 104 valence electrons. The summed E-state index contributed by atoms with van der Waals surface area (Å²) in [5.74, 6) is 0. The molecule has 1 rings (SSSR count). The van der Waals surface area contributed by atoms with Crippen LogP contribution in [0.1, 0.15) is 33.6 Å². The van der Waals surface area contributed by atoms with Crippen molar-refractivity contribution in [3.63, 3.8) is 0 Å². The van der Waals surface area contributed by atoms with Gasteiger partial charge in [-0.1, -0.05) is 0 Å². The molecule has 1 fully saturated rings. The van der Waals surface area contributed by atoms with Crippen molar-refractivity contribution in [1.29, 1.82) is 10.5 Å². The first-order valence-electron chi connectivity index (χ1n) is 5.89. The van der Waals surface area contributed by atoms with Gasteiger partial charge in [-0.3, -0.25) is 4.48 Å². The second kappa shape index (κ2) is 9.52. The molecule has 0 unspecified atom stereocenters. The quantitative estimate of drug-likeness (QED) is 0.432. The summed E-state index contributed by atoms with van der Waals surface area (Å²) >= 11 is 0. The molecule has 1 saturated heterocycles. The predicted octanol–water partition coefficient (Wildman–Crippen LogP) is 0.852. The third-order valence-electron chi connectivity index (χ3n) is 3.22. The van der Waals surface area contributed by atoms with Crippen molar-refractivity contribution >= 4 is 0 Å². The number of hydrogen-bond acceptors (Lipinski definition) is 5. The summed E-state index contributed by atoms with van der Waals surface area (Å²) in [5, 5.41) is 14.2. The number of likely N-dealkylation sites (tertiary alicyclic amines) is 1. The Balaban J connectivity index is 0. The molecular formula is C12H26N5O+.